The highest BCUT2D eigenvalue weighted by Gasteiger charge is 2.21. The topological polar surface area (TPSA) is 29.9 Å². The van der Waals surface area contributed by atoms with E-state index in [1.807, 2.05) is 24.4 Å². The van der Waals surface area contributed by atoms with Crippen LogP contribution in [-0.4, -0.2) is 15.8 Å². The zero-order valence-electron chi connectivity index (χ0n) is 11.8. The van der Waals surface area contributed by atoms with Crippen molar-refractivity contribution in [1.29, 1.82) is 0 Å². The standard InChI is InChI=1S/C16H20ClN3/c1-2-16-13(9-18-15-6-7-15)10-19-20(16)11-12-4-3-5-14(17)8-12/h3-5,8,10,15,18H,2,6-7,9,11H2,1H3. The highest BCUT2D eigenvalue weighted by molar-refractivity contribution is 6.30. The van der Waals surface area contributed by atoms with Crippen LogP contribution in [0.1, 0.15) is 36.6 Å². The molecule has 3 nitrogen and oxygen atoms in total. The van der Waals surface area contributed by atoms with E-state index >= 15 is 0 Å². The molecular formula is C16H20ClN3. The maximum atomic E-state index is 6.04. The molecule has 4 heteroatoms. The lowest BCUT2D eigenvalue weighted by Gasteiger charge is -2.09. The minimum Gasteiger partial charge on any atom is -0.310 e. The maximum absolute atomic E-state index is 6.04. The Morgan fingerprint density at radius 1 is 1.40 bits per heavy atom. The minimum atomic E-state index is 0.732. The molecule has 1 aliphatic carbocycles. The van der Waals surface area contributed by atoms with Gasteiger partial charge in [-0.3, -0.25) is 4.68 Å². The number of hydrogen-bond acceptors (Lipinski definition) is 2. The van der Waals surface area contributed by atoms with E-state index in [2.05, 4.69) is 28.1 Å². The minimum absolute atomic E-state index is 0.732. The van der Waals surface area contributed by atoms with E-state index < -0.39 is 0 Å². The summed E-state index contributed by atoms with van der Waals surface area (Å²) in [6.07, 6.45) is 5.64. The van der Waals surface area contributed by atoms with Gasteiger partial charge >= 0.3 is 0 Å². The Balaban J connectivity index is 1.74. The van der Waals surface area contributed by atoms with Crippen molar-refractivity contribution in [3.05, 3.63) is 52.3 Å². The first-order valence-electron chi connectivity index (χ1n) is 7.27. The Morgan fingerprint density at radius 3 is 2.95 bits per heavy atom. The van der Waals surface area contributed by atoms with E-state index in [-0.39, 0.29) is 0 Å². The van der Waals surface area contributed by atoms with Crippen molar-refractivity contribution in [2.24, 2.45) is 0 Å². The molecule has 1 fully saturated rings. The summed E-state index contributed by atoms with van der Waals surface area (Å²) in [5, 5.41) is 8.88. The lowest BCUT2D eigenvalue weighted by atomic mass is 10.2. The Hall–Kier alpha value is -1.32. The summed E-state index contributed by atoms with van der Waals surface area (Å²) in [7, 11) is 0. The molecule has 20 heavy (non-hydrogen) atoms. The van der Waals surface area contributed by atoms with Gasteiger partial charge in [0.25, 0.3) is 0 Å². The third-order valence-electron chi connectivity index (χ3n) is 3.75. The quantitative estimate of drug-likeness (QED) is 0.883. The number of halogens is 1. The van der Waals surface area contributed by atoms with Crippen LogP contribution in [0.15, 0.2) is 30.5 Å². The number of rotatable bonds is 6. The number of nitrogens with one attached hydrogen (secondary N) is 1. The molecule has 0 unspecified atom stereocenters. The molecule has 0 bridgehead atoms. The van der Waals surface area contributed by atoms with Gasteiger partial charge in [0.05, 0.1) is 12.7 Å². The van der Waals surface area contributed by atoms with Crippen molar-refractivity contribution < 1.29 is 0 Å². The molecule has 0 radical (unpaired) electrons. The van der Waals surface area contributed by atoms with Gasteiger partial charge in [-0.25, -0.2) is 0 Å². The maximum Gasteiger partial charge on any atom is 0.0663 e. The first-order valence-corrected chi connectivity index (χ1v) is 7.65. The molecule has 3 rings (SSSR count). The van der Waals surface area contributed by atoms with Gasteiger partial charge in [-0.2, -0.15) is 5.10 Å². The van der Waals surface area contributed by atoms with Gasteiger partial charge in [0.2, 0.25) is 0 Å². The third kappa shape index (κ3) is 3.22. The predicted molar refractivity (Wildman–Crippen MR) is 82.0 cm³/mol. The van der Waals surface area contributed by atoms with Crippen LogP contribution < -0.4 is 5.32 Å². The van der Waals surface area contributed by atoms with Crippen molar-refractivity contribution in [3.8, 4) is 0 Å². The predicted octanol–water partition coefficient (Wildman–Crippen LogP) is 3.40. The van der Waals surface area contributed by atoms with Gasteiger partial charge in [0.1, 0.15) is 0 Å². The largest absolute Gasteiger partial charge is 0.310 e. The summed E-state index contributed by atoms with van der Waals surface area (Å²) >= 11 is 6.04. The molecule has 1 aromatic heterocycles. The van der Waals surface area contributed by atoms with Crippen LogP contribution in [0.3, 0.4) is 0 Å². The fourth-order valence-corrected chi connectivity index (χ4v) is 2.71. The number of aromatic nitrogens is 2. The zero-order chi connectivity index (χ0) is 13.9. The average Bonchev–Trinajstić information content (AvgIpc) is 3.18. The van der Waals surface area contributed by atoms with Gasteiger partial charge in [0.15, 0.2) is 0 Å². The number of hydrogen-bond donors (Lipinski definition) is 1. The molecule has 0 saturated heterocycles. The van der Waals surface area contributed by atoms with Crippen molar-refractivity contribution in [2.75, 3.05) is 0 Å². The normalized spacial score (nSPS) is 14.7. The fraction of sp³-hybridized carbons (Fsp3) is 0.438. The van der Waals surface area contributed by atoms with Crippen molar-refractivity contribution in [1.82, 2.24) is 15.1 Å². The molecule has 106 valence electrons. The summed E-state index contributed by atoms with van der Waals surface area (Å²) < 4.78 is 2.09. The Kier molecular flexibility index (Phi) is 4.08. The molecule has 2 aromatic rings. The summed E-state index contributed by atoms with van der Waals surface area (Å²) in [4.78, 5) is 0. The summed E-state index contributed by atoms with van der Waals surface area (Å²) in [5.74, 6) is 0. The van der Waals surface area contributed by atoms with Gasteiger partial charge in [-0.1, -0.05) is 30.7 Å². The SMILES string of the molecule is CCc1c(CNC2CC2)cnn1Cc1cccc(Cl)c1. The number of nitrogens with zero attached hydrogens (tertiary/aromatic N) is 2. The summed E-state index contributed by atoms with van der Waals surface area (Å²) in [5.41, 5.74) is 3.83. The molecule has 1 saturated carbocycles. The van der Waals surface area contributed by atoms with Crippen LogP contribution in [-0.2, 0) is 19.5 Å². The van der Waals surface area contributed by atoms with E-state index in [1.165, 1.54) is 29.7 Å². The Bertz CT molecular complexity index is 587. The van der Waals surface area contributed by atoms with Gasteiger partial charge in [-0.05, 0) is 37.0 Å². The molecule has 1 heterocycles. The molecule has 0 amide bonds. The molecule has 1 N–H and O–H groups in total. The molecule has 1 aliphatic rings. The lowest BCUT2D eigenvalue weighted by Crippen LogP contribution is -2.16. The van der Waals surface area contributed by atoms with Gasteiger partial charge < -0.3 is 5.32 Å². The third-order valence-corrected chi connectivity index (χ3v) is 3.99. The summed E-state index contributed by atoms with van der Waals surface area (Å²) in [6.45, 7) is 3.91. The van der Waals surface area contributed by atoms with Crippen LogP contribution in [0, 0.1) is 0 Å². The van der Waals surface area contributed by atoms with Crippen LogP contribution in [0.25, 0.3) is 0 Å². The lowest BCUT2D eigenvalue weighted by molar-refractivity contribution is 0.638. The highest BCUT2D eigenvalue weighted by atomic mass is 35.5. The molecule has 0 atom stereocenters. The van der Waals surface area contributed by atoms with Crippen LogP contribution >= 0.6 is 11.6 Å². The van der Waals surface area contributed by atoms with E-state index in [0.29, 0.717) is 0 Å². The molecule has 0 spiro atoms. The van der Waals surface area contributed by atoms with Crippen LogP contribution in [0.4, 0.5) is 0 Å². The second-order valence-electron chi connectivity index (χ2n) is 5.41. The first kappa shape index (κ1) is 13.7. The zero-order valence-corrected chi connectivity index (χ0v) is 12.5. The van der Waals surface area contributed by atoms with Crippen LogP contribution in [0.5, 0.6) is 0 Å². The second-order valence-corrected chi connectivity index (χ2v) is 5.85. The van der Waals surface area contributed by atoms with Gasteiger partial charge in [-0.15, -0.1) is 0 Å². The van der Waals surface area contributed by atoms with Gasteiger partial charge in [0, 0.05) is 28.9 Å². The highest BCUT2D eigenvalue weighted by Crippen LogP contribution is 2.20. The summed E-state index contributed by atoms with van der Waals surface area (Å²) in [6, 6.07) is 8.72. The Labute approximate surface area is 124 Å². The van der Waals surface area contributed by atoms with E-state index in [0.717, 1.165) is 30.6 Å². The smallest absolute Gasteiger partial charge is 0.0663 e. The van der Waals surface area contributed by atoms with Crippen molar-refractivity contribution in [2.45, 2.75) is 45.3 Å². The average molecular weight is 290 g/mol. The van der Waals surface area contributed by atoms with Crippen molar-refractivity contribution in [3.63, 3.8) is 0 Å². The molecule has 0 aliphatic heterocycles. The monoisotopic (exact) mass is 289 g/mol. The first-order chi connectivity index (χ1) is 9.76. The van der Waals surface area contributed by atoms with Crippen molar-refractivity contribution >= 4 is 11.6 Å². The number of benzene rings is 1. The van der Waals surface area contributed by atoms with E-state index in [4.69, 9.17) is 11.6 Å². The van der Waals surface area contributed by atoms with E-state index in [1.54, 1.807) is 0 Å². The fourth-order valence-electron chi connectivity index (χ4n) is 2.49. The Morgan fingerprint density at radius 2 is 2.25 bits per heavy atom. The second kappa shape index (κ2) is 5.98. The van der Waals surface area contributed by atoms with E-state index in [9.17, 15) is 0 Å². The molecular weight excluding hydrogens is 270 g/mol. The molecule has 1 aromatic carbocycles. The van der Waals surface area contributed by atoms with Crippen LogP contribution in [0.2, 0.25) is 5.02 Å².